The normalized spacial score (nSPS) is 9.56. The summed E-state index contributed by atoms with van der Waals surface area (Å²) in [6.45, 7) is 0. The fraction of sp³-hybridized carbons (Fsp3) is 0.143. The first-order valence-corrected chi connectivity index (χ1v) is 3.09. The Kier molecular flexibility index (Phi) is 2.06. The van der Waals surface area contributed by atoms with Gasteiger partial charge in [-0.05, 0) is 11.6 Å². The van der Waals surface area contributed by atoms with Crippen LogP contribution in [0.4, 0.5) is 4.39 Å². The molecule has 1 aromatic rings. The van der Waals surface area contributed by atoms with Crippen molar-refractivity contribution >= 4 is 11.6 Å². The first-order chi connectivity index (χ1) is 4.33. The second-order valence-electron chi connectivity index (χ2n) is 1.66. The van der Waals surface area contributed by atoms with Crippen molar-refractivity contribution in [3.63, 3.8) is 0 Å². The van der Waals surface area contributed by atoms with Crippen molar-refractivity contribution in [2.75, 3.05) is 0 Å². The van der Waals surface area contributed by atoms with Crippen molar-refractivity contribution < 1.29 is 4.39 Å². The summed E-state index contributed by atoms with van der Waals surface area (Å²) in [4.78, 5) is 0. The van der Waals surface area contributed by atoms with E-state index in [1.54, 1.807) is 12.1 Å². The molecule has 1 aromatic carbocycles. The Morgan fingerprint density at radius 2 is 2.33 bits per heavy atom. The van der Waals surface area contributed by atoms with Crippen LogP contribution < -0.4 is 0 Å². The van der Waals surface area contributed by atoms with E-state index in [0.717, 1.165) is 0 Å². The molecule has 0 nitrogen and oxygen atoms in total. The van der Waals surface area contributed by atoms with Gasteiger partial charge in [0.1, 0.15) is 5.82 Å². The third-order valence-corrected chi connectivity index (χ3v) is 1.25. The number of benzene rings is 1. The molecular weight excluding hydrogens is 139 g/mol. The van der Waals surface area contributed by atoms with Gasteiger partial charge < -0.3 is 0 Å². The maximum atomic E-state index is 12.2. The fourth-order valence-electron chi connectivity index (χ4n) is 0.563. The van der Waals surface area contributed by atoms with E-state index in [2.05, 4.69) is 6.07 Å². The summed E-state index contributed by atoms with van der Waals surface area (Å²) < 4.78 is 12.2. The van der Waals surface area contributed by atoms with Crippen LogP contribution >= 0.6 is 11.6 Å². The minimum atomic E-state index is -0.354. The Bertz CT molecular complexity index is 198. The molecule has 0 aliphatic heterocycles. The molecule has 0 bridgehead atoms. The summed E-state index contributed by atoms with van der Waals surface area (Å²) in [5.41, 5.74) is 0.691. The van der Waals surface area contributed by atoms with Crippen molar-refractivity contribution in [3.8, 4) is 0 Å². The number of hydrogen-bond acceptors (Lipinski definition) is 0. The number of hydrogen-bond donors (Lipinski definition) is 0. The molecule has 0 saturated carbocycles. The third-order valence-electron chi connectivity index (χ3n) is 0.964. The van der Waals surface area contributed by atoms with Gasteiger partial charge in [-0.1, -0.05) is 12.1 Å². The fourth-order valence-corrected chi connectivity index (χ4v) is 0.719. The van der Waals surface area contributed by atoms with Crippen LogP contribution in [0.2, 0.25) is 0 Å². The summed E-state index contributed by atoms with van der Waals surface area (Å²) in [5, 5.41) is 0. The number of alkyl halides is 1. The highest BCUT2D eigenvalue weighted by Crippen LogP contribution is 2.04. The zero-order valence-corrected chi connectivity index (χ0v) is 5.45. The predicted octanol–water partition coefficient (Wildman–Crippen LogP) is 2.36. The molecule has 0 N–H and O–H groups in total. The van der Waals surface area contributed by atoms with E-state index < -0.39 is 0 Å². The second-order valence-corrected chi connectivity index (χ2v) is 1.92. The summed E-state index contributed by atoms with van der Waals surface area (Å²) in [7, 11) is 0. The van der Waals surface area contributed by atoms with Crippen LogP contribution in [-0.2, 0) is 5.88 Å². The van der Waals surface area contributed by atoms with E-state index in [4.69, 9.17) is 11.6 Å². The van der Waals surface area contributed by atoms with Crippen LogP contribution in [-0.4, -0.2) is 0 Å². The van der Waals surface area contributed by atoms with Gasteiger partial charge in [-0.15, -0.1) is 11.6 Å². The van der Waals surface area contributed by atoms with E-state index in [0.29, 0.717) is 11.4 Å². The number of halogens is 2. The van der Waals surface area contributed by atoms with Crippen LogP contribution in [0.5, 0.6) is 0 Å². The third kappa shape index (κ3) is 1.68. The molecule has 0 unspecified atom stereocenters. The lowest BCUT2D eigenvalue weighted by Gasteiger charge is -1.90. The molecule has 0 aliphatic rings. The van der Waals surface area contributed by atoms with Crippen LogP contribution in [0.15, 0.2) is 18.2 Å². The molecule has 0 fully saturated rings. The van der Waals surface area contributed by atoms with E-state index in [9.17, 15) is 4.39 Å². The van der Waals surface area contributed by atoms with Crippen LogP contribution in [0.3, 0.4) is 0 Å². The van der Waals surface area contributed by atoms with Crippen molar-refractivity contribution in [2.45, 2.75) is 5.88 Å². The Morgan fingerprint density at radius 1 is 1.56 bits per heavy atom. The molecule has 2 heteroatoms. The topological polar surface area (TPSA) is 0 Å². The summed E-state index contributed by atoms with van der Waals surface area (Å²) in [6.07, 6.45) is 0. The van der Waals surface area contributed by atoms with E-state index in [-0.39, 0.29) is 5.82 Å². The maximum Gasteiger partial charge on any atom is 0.131 e. The van der Waals surface area contributed by atoms with E-state index >= 15 is 0 Å². The van der Waals surface area contributed by atoms with Gasteiger partial charge in [0.25, 0.3) is 0 Å². The molecule has 0 heterocycles. The lowest BCUT2D eigenvalue weighted by molar-refractivity contribution is 0.624. The maximum absolute atomic E-state index is 12.2. The van der Waals surface area contributed by atoms with Crippen molar-refractivity contribution in [1.82, 2.24) is 0 Å². The van der Waals surface area contributed by atoms with Crippen molar-refractivity contribution in [2.24, 2.45) is 0 Å². The minimum Gasteiger partial charge on any atom is -0.206 e. The van der Waals surface area contributed by atoms with Gasteiger partial charge in [0, 0.05) is 11.9 Å². The molecule has 0 aliphatic carbocycles. The monoisotopic (exact) mass is 143 g/mol. The highest BCUT2D eigenvalue weighted by atomic mass is 35.5. The van der Waals surface area contributed by atoms with Crippen LogP contribution in [0, 0.1) is 11.9 Å². The van der Waals surface area contributed by atoms with E-state index in [1.165, 1.54) is 6.07 Å². The van der Waals surface area contributed by atoms with Crippen molar-refractivity contribution in [1.29, 1.82) is 0 Å². The first-order valence-electron chi connectivity index (χ1n) is 2.55. The Labute approximate surface area is 58.3 Å². The molecule has 1 radical (unpaired) electrons. The molecule has 0 amide bonds. The van der Waals surface area contributed by atoms with Gasteiger partial charge in [0.2, 0.25) is 0 Å². The average Bonchev–Trinajstić information content (AvgIpc) is 1.88. The van der Waals surface area contributed by atoms with Crippen LogP contribution in [0.25, 0.3) is 0 Å². The van der Waals surface area contributed by atoms with Gasteiger partial charge in [-0.3, -0.25) is 0 Å². The second kappa shape index (κ2) is 2.83. The Balaban J connectivity index is 2.94. The molecule has 0 aromatic heterocycles. The SMILES string of the molecule is Fc1[c]c(CCl)ccc1. The largest absolute Gasteiger partial charge is 0.206 e. The molecule has 0 saturated heterocycles. The quantitative estimate of drug-likeness (QED) is 0.530. The zero-order valence-electron chi connectivity index (χ0n) is 4.70. The van der Waals surface area contributed by atoms with Gasteiger partial charge in [0.05, 0.1) is 0 Å². The smallest absolute Gasteiger partial charge is 0.131 e. The first kappa shape index (κ1) is 6.56. The molecule has 0 spiro atoms. The van der Waals surface area contributed by atoms with Gasteiger partial charge in [-0.2, -0.15) is 0 Å². The Morgan fingerprint density at radius 3 is 2.78 bits per heavy atom. The summed E-state index contributed by atoms with van der Waals surface area (Å²) in [5.74, 6) is -0.0363. The zero-order chi connectivity index (χ0) is 6.69. The van der Waals surface area contributed by atoms with Gasteiger partial charge >= 0.3 is 0 Å². The lowest BCUT2D eigenvalue weighted by atomic mass is 10.2. The Hall–Kier alpha value is -0.560. The molecule has 47 valence electrons. The highest BCUT2D eigenvalue weighted by molar-refractivity contribution is 6.17. The van der Waals surface area contributed by atoms with Gasteiger partial charge in [-0.25, -0.2) is 4.39 Å². The summed E-state index contributed by atoms with van der Waals surface area (Å²) in [6, 6.07) is 7.15. The molecule has 1 rings (SSSR count). The standard InChI is InChI=1S/C7H5ClF/c8-5-6-2-1-3-7(9)4-6/h1-3H,5H2. The highest BCUT2D eigenvalue weighted by Gasteiger charge is 1.91. The number of rotatable bonds is 1. The molecule has 0 atom stereocenters. The van der Waals surface area contributed by atoms with Crippen LogP contribution in [0.1, 0.15) is 5.56 Å². The predicted molar refractivity (Wildman–Crippen MR) is 34.8 cm³/mol. The molecule has 9 heavy (non-hydrogen) atoms. The van der Waals surface area contributed by atoms with E-state index in [1.807, 2.05) is 0 Å². The van der Waals surface area contributed by atoms with Crippen molar-refractivity contribution in [3.05, 3.63) is 35.6 Å². The average molecular weight is 144 g/mol. The summed E-state index contributed by atoms with van der Waals surface area (Å²) >= 11 is 5.40. The molecular formula is C7H5ClF. The minimum absolute atomic E-state index is 0.317. The van der Waals surface area contributed by atoms with Gasteiger partial charge in [0.15, 0.2) is 0 Å². The lowest BCUT2D eigenvalue weighted by Crippen LogP contribution is -1.78.